The van der Waals surface area contributed by atoms with E-state index in [1.807, 2.05) is 6.07 Å². The molecule has 6 nitrogen and oxygen atoms in total. The van der Waals surface area contributed by atoms with Crippen molar-refractivity contribution in [3.8, 4) is 11.8 Å². The average Bonchev–Trinajstić information content (AvgIpc) is 2.60. The molecule has 0 saturated heterocycles. The Morgan fingerprint density at radius 1 is 1.13 bits per heavy atom. The molecular weight excluding hydrogens is 296 g/mol. The van der Waals surface area contributed by atoms with Crippen LogP contribution in [0.2, 0.25) is 0 Å². The largest absolute Gasteiger partial charge is 0.495 e. The molecule has 0 heterocycles. The van der Waals surface area contributed by atoms with Gasteiger partial charge in [0.1, 0.15) is 5.75 Å². The lowest BCUT2D eigenvalue weighted by Crippen LogP contribution is -2.21. The van der Waals surface area contributed by atoms with Gasteiger partial charge >= 0.3 is 5.97 Å². The number of esters is 1. The van der Waals surface area contributed by atoms with Crippen LogP contribution in [0.4, 0.5) is 5.69 Å². The van der Waals surface area contributed by atoms with E-state index in [4.69, 9.17) is 14.7 Å². The van der Waals surface area contributed by atoms with Gasteiger partial charge < -0.3 is 14.8 Å². The van der Waals surface area contributed by atoms with E-state index >= 15 is 0 Å². The number of nitrogens with zero attached hydrogens (tertiary/aromatic N) is 1. The molecule has 0 unspecified atom stereocenters. The van der Waals surface area contributed by atoms with Gasteiger partial charge in [-0.2, -0.15) is 5.26 Å². The van der Waals surface area contributed by atoms with Crippen LogP contribution < -0.4 is 10.1 Å². The molecule has 6 heteroatoms. The first-order valence-electron chi connectivity index (χ1n) is 6.74. The van der Waals surface area contributed by atoms with Crippen LogP contribution in [0.25, 0.3) is 0 Å². The molecule has 0 atom stereocenters. The van der Waals surface area contributed by atoms with Crippen LogP contribution in [0.3, 0.4) is 0 Å². The summed E-state index contributed by atoms with van der Waals surface area (Å²) in [6.45, 7) is -0.420. The van der Waals surface area contributed by atoms with Crippen molar-refractivity contribution in [3.63, 3.8) is 0 Å². The van der Waals surface area contributed by atoms with Crippen molar-refractivity contribution in [3.05, 3.63) is 59.7 Å². The van der Waals surface area contributed by atoms with E-state index in [-0.39, 0.29) is 5.56 Å². The number of hydrogen-bond acceptors (Lipinski definition) is 5. The van der Waals surface area contributed by atoms with Gasteiger partial charge in [0.2, 0.25) is 0 Å². The van der Waals surface area contributed by atoms with Crippen LogP contribution in [0.15, 0.2) is 48.5 Å². The van der Waals surface area contributed by atoms with Gasteiger partial charge in [-0.3, -0.25) is 4.79 Å². The predicted molar refractivity (Wildman–Crippen MR) is 83.1 cm³/mol. The number of benzene rings is 2. The van der Waals surface area contributed by atoms with Gasteiger partial charge in [0.15, 0.2) is 6.61 Å². The van der Waals surface area contributed by atoms with Gasteiger partial charge in [-0.05, 0) is 36.4 Å². The van der Waals surface area contributed by atoms with E-state index in [1.54, 1.807) is 24.3 Å². The number of nitriles is 1. The number of methoxy groups -OCH3 is 1. The Bertz CT molecular complexity index is 748. The van der Waals surface area contributed by atoms with Crippen molar-refractivity contribution in [1.29, 1.82) is 5.26 Å². The van der Waals surface area contributed by atoms with E-state index in [1.165, 1.54) is 31.4 Å². The number of carbonyl (C=O) groups excluding carboxylic acids is 2. The van der Waals surface area contributed by atoms with Gasteiger partial charge in [-0.25, -0.2) is 4.79 Å². The number of ether oxygens (including phenoxy) is 2. The van der Waals surface area contributed by atoms with Crippen molar-refractivity contribution in [2.45, 2.75) is 0 Å². The van der Waals surface area contributed by atoms with E-state index in [2.05, 4.69) is 5.32 Å². The third-order valence-electron chi connectivity index (χ3n) is 2.97. The van der Waals surface area contributed by atoms with Crippen molar-refractivity contribution < 1.29 is 19.1 Å². The third-order valence-corrected chi connectivity index (χ3v) is 2.97. The van der Waals surface area contributed by atoms with Gasteiger partial charge in [0, 0.05) is 0 Å². The SMILES string of the molecule is COc1ccccc1NC(=O)COC(=O)c1ccc(C#N)cc1. The molecule has 1 N–H and O–H groups in total. The number of para-hydroxylation sites is 2. The fraction of sp³-hybridized carbons (Fsp3) is 0.118. The van der Waals surface area contributed by atoms with Crippen LogP contribution in [0, 0.1) is 11.3 Å². The summed E-state index contributed by atoms with van der Waals surface area (Å²) in [4.78, 5) is 23.6. The molecule has 0 aromatic heterocycles. The summed E-state index contributed by atoms with van der Waals surface area (Å²) in [5, 5.41) is 11.3. The highest BCUT2D eigenvalue weighted by molar-refractivity contribution is 5.96. The fourth-order valence-electron chi connectivity index (χ4n) is 1.83. The van der Waals surface area contributed by atoms with Gasteiger partial charge in [0.05, 0.1) is 30.0 Å². The van der Waals surface area contributed by atoms with Gasteiger partial charge in [-0.15, -0.1) is 0 Å². The molecular formula is C17H14N2O4. The second-order valence-electron chi connectivity index (χ2n) is 4.51. The molecule has 0 aliphatic carbocycles. The molecule has 0 spiro atoms. The molecule has 0 fully saturated rings. The zero-order valence-corrected chi connectivity index (χ0v) is 12.4. The Balaban J connectivity index is 1.91. The Morgan fingerprint density at radius 2 is 1.83 bits per heavy atom. The van der Waals surface area contributed by atoms with Crippen LogP contribution in [0.5, 0.6) is 5.75 Å². The quantitative estimate of drug-likeness (QED) is 0.856. The predicted octanol–water partition coefficient (Wildman–Crippen LogP) is 2.36. The van der Waals surface area contributed by atoms with E-state index < -0.39 is 18.5 Å². The highest BCUT2D eigenvalue weighted by Crippen LogP contribution is 2.22. The summed E-state index contributed by atoms with van der Waals surface area (Å²) in [5.41, 5.74) is 1.21. The summed E-state index contributed by atoms with van der Waals surface area (Å²) in [6.07, 6.45) is 0. The molecule has 0 bridgehead atoms. The molecule has 0 aliphatic heterocycles. The second kappa shape index (κ2) is 7.61. The Morgan fingerprint density at radius 3 is 2.48 bits per heavy atom. The number of carbonyl (C=O) groups is 2. The maximum Gasteiger partial charge on any atom is 0.338 e. The highest BCUT2D eigenvalue weighted by Gasteiger charge is 2.11. The van der Waals surface area contributed by atoms with E-state index in [0.29, 0.717) is 17.0 Å². The first kappa shape index (κ1) is 16.0. The first-order chi connectivity index (χ1) is 11.1. The molecule has 23 heavy (non-hydrogen) atoms. The summed E-state index contributed by atoms with van der Waals surface area (Å²) in [7, 11) is 1.50. The minimum absolute atomic E-state index is 0.272. The van der Waals surface area contributed by atoms with Crippen molar-refractivity contribution >= 4 is 17.6 Å². The lowest BCUT2D eigenvalue weighted by Gasteiger charge is -2.10. The minimum Gasteiger partial charge on any atom is -0.495 e. The smallest absolute Gasteiger partial charge is 0.338 e. The minimum atomic E-state index is -0.635. The van der Waals surface area contributed by atoms with E-state index in [9.17, 15) is 9.59 Å². The number of hydrogen-bond donors (Lipinski definition) is 1. The molecule has 2 aromatic carbocycles. The van der Waals surface area contributed by atoms with Crippen molar-refractivity contribution in [2.24, 2.45) is 0 Å². The van der Waals surface area contributed by atoms with Crippen molar-refractivity contribution in [2.75, 3.05) is 19.0 Å². The van der Waals surface area contributed by atoms with Gasteiger partial charge in [-0.1, -0.05) is 12.1 Å². The summed E-state index contributed by atoms with van der Waals surface area (Å²) in [6, 6.07) is 14.8. The number of nitrogens with one attached hydrogen (secondary N) is 1. The molecule has 116 valence electrons. The molecule has 0 aliphatic rings. The Kier molecular flexibility index (Phi) is 5.31. The first-order valence-corrected chi connectivity index (χ1v) is 6.74. The van der Waals surface area contributed by atoms with Crippen LogP contribution in [-0.2, 0) is 9.53 Å². The van der Waals surface area contributed by atoms with Crippen LogP contribution in [0.1, 0.15) is 15.9 Å². The molecule has 0 radical (unpaired) electrons. The lowest BCUT2D eigenvalue weighted by atomic mass is 10.1. The standard InChI is InChI=1S/C17H14N2O4/c1-22-15-5-3-2-4-14(15)19-16(20)11-23-17(21)13-8-6-12(10-18)7-9-13/h2-9H,11H2,1H3,(H,19,20). The monoisotopic (exact) mass is 310 g/mol. The topological polar surface area (TPSA) is 88.4 Å². The molecule has 2 aromatic rings. The summed E-state index contributed by atoms with van der Waals surface area (Å²) in [5.74, 6) is -0.597. The summed E-state index contributed by atoms with van der Waals surface area (Å²) < 4.78 is 10.0. The zero-order valence-electron chi connectivity index (χ0n) is 12.4. The molecule has 1 amide bonds. The number of rotatable bonds is 5. The number of amides is 1. The Labute approximate surface area is 133 Å². The third kappa shape index (κ3) is 4.32. The number of anilines is 1. The molecule has 0 saturated carbocycles. The second-order valence-corrected chi connectivity index (χ2v) is 4.51. The van der Waals surface area contributed by atoms with Crippen LogP contribution >= 0.6 is 0 Å². The average molecular weight is 310 g/mol. The van der Waals surface area contributed by atoms with Crippen LogP contribution in [-0.4, -0.2) is 25.6 Å². The van der Waals surface area contributed by atoms with E-state index in [0.717, 1.165) is 0 Å². The fourth-order valence-corrected chi connectivity index (χ4v) is 1.83. The summed E-state index contributed by atoms with van der Waals surface area (Å²) >= 11 is 0. The maximum absolute atomic E-state index is 11.8. The lowest BCUT2D eigenvalue weighted by molar-refractivity contribution is -0.119. The van der Waals surface area contributed by atoms with Crippen molar-refractivity contribution in [1.82, 2.24) is 0 Å². The highest BCUT2D eigenvalue weighted by atomic mass is 16.5. The Hall–Kier alpha value is -3.33. The zero-order chi connectivity index (χ0) is 16.7. The normalized spacial score (nSPS) is 9.57. The molecule has 2 rings (SSSR count). The maximum atomic E-state index is 11.8. The van der Waals surface area contributed by atoms with Gasteiger partial charge in [0.25, 0.3) is 5.91 Å².